The fourth-order valence-corrected chi connectivity index (χ4v) is 4.01. The van der Waals surface area contributed by atoms with Gasteiger partial charge in [-0.2, -0.15) is 0 Å². The molecule has 0 amide bonds. The summed E-state index contributed by atoms with van der Waals surface area (Å²) in [5, 5.41) is 10.5. The summed E-state index contributed by atoms with van der Waals surface area (Å²) >= 11 is 0. The van der Waals surface area contributed by atoms with E-state index < -0.39 is 13.7 Å². The zero-order chi connectivity index (χ0) is 19.0. The molecule has 2 aromatic carbocycles. The predicted octanol–water partition coefficient (Wildman–Crippen LogP) is 4.10. The van der Waals surface area contributed by atoms with Crippen LogP contribution in [0.25, 0.3) is 0 Å². The van der Waals surface area contributed by atoms with E-state index in [-0.39, 0.29) is 12.2 Å². The van der Waals surface area contributed by atoms with Crippen LogP contribution in [-0.2, 0) is 20.2 Å². The largest absolute Gasteiger partial charge is 0.391 e. The van der Waals surface area contributed by atoms with Crippen LogP contribution >= 0.6 is 7.60 Å². The Balaban J connectivity index is 2.16. The van der Waals surface area contributed by atoms with E-state index in [9.17, 15) is 9.67 Å². The molecule has 0 spiro atoms. The van der Waals surface area contributed by atoms with E-state index in [4.69, 9.17) is 9.05 Å². The molecule has 2 rings (SSSR count). The Morgan fingerprint density at radius 3 is 2.08 bits per heavy atom. The van der Waals surface area contributed by atoms with E-state index in [1.165, 1.54) is 14.2 Å². The summed E-state index contributed by atoms with van der Waals surface area (Å²) in [4.78, 5) is 2.17. The van der Waals surface area contributed by atoms with Crippen molar-refractivity contribution in [3.05, 3.63) is 71.8 Å². The van der Waals surface area contributed by atoms with Crippen molar-refractivity contribution in [3.63, 3.8) is 0 Å². The molecule has 0 bridgehead atoms. The molecule has 142 valence electrons. The molecule has 6 heteroatoms. The van der Waals surface area contributed by atoms with Gasteiger partial charge in [-0.3, -0.25) is 9.46 Å². The molecule has 2 atom stereocenters. The summed E-state index contributed by atoms with van der Waals surface area (Å²) in [6, 6.07) is 20.3. The SMILES string of the molecule is COP(=O)(C[C@@H](O)CN(Cc1ccccc1)[C@@H](C)c1ccccc1)OC. The van der Waals surface area contributed by atoms with E-state index >= 15 is 0 Å². The van der Waals surface area contributed by atoms with Crippen LogP contribution in [-0.4, -0.2) is 43.0 Å². The minimum Gasteiger partial charge on any atom is -0.391 e. The Bertz CT molecular complexity index is 687. The van der Waals surface area contributed by atoms with Gasteiger partial charge in [0.15, 0.2) is 0 Å². The highest BCUT2D eigenvalue weighted by Crippen LogP contribution is 2.46. The van der Waals surface area contributed by atoms with Crippen molar-refractivity contribution >= 4 is 7.60 Å². The Labute approximate surface area is 156 Å². The van der Waals surface area contributed by atoms with Crippen molar-refractivity contribution in [3.8, 4) is 0 Å². The standard InChI is InChI=1S/C20H28NO4P/c1-17(19-12-8-5-9-13-19)21(14-18-10-6-4-7-11-18)15-20(22)16-26(23,24-2)25-3/h4-13,17,20,22H,14-16H2,1-3H3/t17-,20-/m0/s1. The van der Waals surface area contributed by atoms with Gasteiger partial charge in [-0.25, -0.2) is 0 Å². The van der Waals surface area contributed by atoms with Gasteiger partial charge in [0, 0.05) is 33.4 Å². The predicted molar refractivity (Wildman–Crippen MR) is 104 cm³/mol. The number of hydrogen-bond acceptors (Lipinski definition) is 5. The molecule has 0 radical (unpaired) electrons. The molecule has 1 N–H and O–H groups in total. The quantitative estimate of drug-likeness (QED) is 0.632. The second kappa shape index (κ2) is 10.0. The molecule has 2 aromatic rings. The molecule has 0 aliphatic rings. The average Bonchev–Trinajstić information content (AvgIpc) is 2.68. The fourth-order valence-electron chi connectivity index (χ4n) is 2.93. The van der Waals surface area contributed by atoms with Crippen molar-refractivity contribution in [1.82, 2.24) is 4.90 Å². The molecular weight excluding hydrogens is 349 g/mol. The summed E-state index contributed by atoms with van der Waals surface area (Å²) in [6.07, 6.45) is -0.858. The maximum absolute atomic E-state index is 12.3. The smallest absolute Gasteiger partial charge is 0.332 e. The summed E-state index contributed by atoms with van der Waals surface area (Å²) in [5.41, 5.74) is 2.32. The van der Waals surface area contributed by atoms with E-state index in [0.717, 1.165) is 11.1 Å². The highest BCUT2D eigenvalue weighted by Gasteiger charge is 2.28. The molecule has 0 heterocycles. The number of nitrogens with zero attached hydrogens (tertiary/aromatic N) is 1. The van der Waals surface area contributed by atoms with Crippen molar-refractivity contribution < 1.29 is 18.7 Å². The summed E-state index contributed by atoms with van der Waals surface area (Å²) < 4.78 is 22.2. The van der Waals surface area contributed by atoms with Crippen LogP contribution in [0.1, 0.15) is 24.1 Å². The van der Waals surface area contributed by atoms with Crippen molar-refractivity contribution in [2.24, 2.45) is 0 Å². The molecule has 0 saturated carbocycles. The van der Waals surface area contributed by atoms with Gasteiger partial charge in [0.1, 0.15) is 0 Å². The monoisotopic (exact) mass is 377 g/mol. The normalized spacial score (nSPS) is 14.3. The van der Waals surface area contributed by atoms with Gasteiger partial charge in [-0.15, -0.1) is 0 Å². The Kier molecular flexibility index (Phi) is 8.01. The maximum atomic E-state index is 12.3. The summed E-state index contributed by atoms with van der Waals surface area (Å²) in [7, 11) is -0.578. The summed E-state index contributed by atoms with van der Waals surface area (Å²) in [6.45, 7) is 3.15. The molecule has 0 aliphatic heterocycles. The van der Waals surface area contributed by atoms with Crippen LogP contribution in [0.5, 0.6) is 0 Å². The van der Waals surface area contributed by atoms with Crippen LogP contribution in [0.4, 0.5) is 0 Å². The molecule has 0 unspecified atom stereocenters. The lowest BCUT2D eigenvalue weighted by Gasteiger charge is -2.32. The van der Waals surface area contributed by atoms with Crippen LogP contribution in [0, 0.1) is 0 Å². The number of aliphatic hydroxyl groups excluding tert-OH is 1. The third kappa shape index (κ3) is 6.04. The van der Waals surface area contributed by atoms with Crippen LogP contribution < -0.4 is 0 Å². The van der Waals surface area contributed by atoms with Crippen LogP contribution in [0.2, 0.25) is 0 Å². The van der Waals surface area contributed by atoms with Crippen LogP contribution in [0.15, 0.2) is 60.7 Å². The van der Waals surface area contributed by atoms with Gasteiger partial charge in [-0.1, -0.05) is 60.7 Å². The molecule has 0 saturated heterocycles. The van der Waals surface area contributed by atoms with Gasteiger partial charge in [0.05, 0.1) is 12.3 Å². The fraction of sp³-hybridized carbons (Fsp3) is 0.400. The number of hydrogen-bond donors (Lipinski definition) is 1. The van der Waals surface area contributed by atoms with Gasteiger partial charge in [-0.05, 0) is 18.1 Å². The lowest BCUT2D eigenvalue weighted by Crippen LogP contribution is -2.36. The Hall–Kier alpha value is -1.49. The lowest BCUT2D eigenvalue weighted by atomic mass is 10.1. The number of benzene rings is 2. The zero-order valence-corrected chi connectivity index (χ0v) is 16.5. The van der Waals surface area contributed by atoms with E-state index in [1.54, 1.807) is 0 Å². The number of rotatable bonds is 10. The first kappa shape index (κ1) is 20.8. The Morgan fingerprint density at radius 2 is 1.54 bits per heavy atom. The first-order valence-corrected chi connectivity index (χ1v) is 10.4. The third-order valence-corrected chi connectivity index (χ3v) is 6.48. The first-order valence-electron chi connectivity index (χ1n) is 8.69. The van der Waals surface area contributed by atoms with Gasteiger partial charge < -0.3 is 14.2 Å². The van der Waals surface area contributed by atoms with Crippen molar-refractivity contribution in [1.29, 1.82) is 0 Å². The lowest BCUT2D eigenvalue weighted by molar-refractivity contribution is 0.0943. The van der Waals surface area contributed by atoms with Crippen molar-refractivity contribution in [2.75, 3.05) is 26.9 Å². The Morgan fingerprint density at radius 1 is 1.00 bits per heavy atom. The summed E-state index contributed by atoms with van der Waals surface area (Å²) in [5.74, 6) is 0. The maximum Gasteiger partial charge on any atom is 0.332 e. The molecule has 0 aromatic heterocycles. The van der Waals surface area contributed by atoms with Crippen molar-refractivity contribution in [2.45, 2.75) is 25.6 Å². The highest BCUT2D eigenvalue weighted by atomic mass is 31.2. The second-order valence-corrected chi connectivity index (χ2v) is 8.63. The third-order valence-electron chi connectivity index (χ3n) is 4.49. The molecular formula is C20H28NO4P. The van der Waals surface area contributed by atoms with Gasteiger partial charge in [0.2, 0.25) is 0 Å². The average molecular weight is 377 g/mol. The topological polar surface area (TPSA) is 59.0 Å². The zero-order valence-electron chi connectivity index (χ0n) is 15.6. The van der Waals surface area contributed by atoms with E-state index in [0.29, 0.717) is 13.1 Å². The molecule has 26 heavy (non-hydrogen) atoms. The number of aliphatic hydroxyl groups is 1. The molecule has 5 nitrogen and oxygen atoms in total. The van der Waals surface area contributed by atoms with Crippen LogP contribution in [0.3, 0.4) is 0 Å². The van der Waals surface area contributed by atoms with E-state index in [2.05, 4.69) is 36.1 Å². The first-order chi connectivity index (χ1) is 12.5. The highest BCUT2D eigenvalue weighted by molar-refractivity contribution is 7.53. The second-order valence-electron chi connectivity index (χ2n) is 6.31. The van der Waals surface area contributed by atoms with Gasteiger partial charge >= 0.3 is 7.60 Å². The molecule has 0 aliphatic carbocycles. The minimum absolute atomic E-state index is 0.0349. The minimum atomic E-state index is -3.25. The van der Waals surface area contributed by atoms with E-state index in [1.807, 2.05) is 36.4 Å². The van der Waals surface area contributed by atoms with Gasteiger partial charge in [0.25, 0.3) is 0 Å². The molecule has 0 fully saturated rings.